The first-order valence-electron chi connectivity index (χ1n) is 6.98. The Bertz CT molecular complexity index is 416. The first-order chi connectivity index (χ1) is 9.24. The fourth-order valence-electron chi connectivity index (χ4n) is 2.43. The minimum Gasteiger partial charge on any atom is -0.356 e. The molecule has 1 aliphatic rings. The van der Waals surface area contributed by atoms with E-state index in [1.807, 2.05) is 6.07 Å². The van der Waals surface area contributed by atoms with Crippen molar-refractivity contribution < 1.29 is 9.18 Å². The van der Waals surface area contributed by atoms with E-state index in [2.05, 4.69) is 10.6 Å². The molecule has 0 saturated carbocycles. The van der Waals surface area contributed by atoms with Gasteiger partial charge < -0.3 is 10.6 Å². The maximum Gasteiger partial charge on any atom is 0.221 e. The Morgan fingerprint density at radius 1 is 1.42 bits per heavy atom. The van der Waals surface area contributed by atoms with Crippen molar-refractivity contribution in [3.63, 3.8) is 0 Å². The lowest BCUT2D eigenvalue weighted by Gasteiger charge is -2.22. The number of carbonyl (C=O) groups excluding carboxylic acids is 1. The van der Waals surface area contributed by atoms with Crippen LogP contribution in [0.1, 0.15) is 31.2 Å². The molecule has 0 spiro atoms. The van der Waals surface area contributed by atoms with Crippen LogP contribution in [0.25, 0.3) is 0 Å². The predicted molar refractivity (Wildman–Crippen MR) is 73.4 cm³/mol. The van der Waals surface area contributed by atoms with Gasteiger partial charge in [-0.15, -0.1) is 0 Å². The molecule has 2 N–H and O–H groups in total. The Morgan fingerprint density at radius 2 is 2.32 bits per heavy atom. The van der Waals surface area contributed by atoms with Gasteiger partial charge in [0.05, 0.1) is 0 Å². The van der Waals surface area contributed by atoms with Crippen molar-refractivity contribution in [2.45, 2.75) is 38.1 Å². The summed E-state index contributed by atoms with van der Waals surface area (Å²) in [6.07, 6.45) is 4.70. The summed E-state index contributed by atoms with van der Waals surface area (Å²) in [4.78, 5) is 11.7. The number of carbonyl (C=O) groups is 1. The third-order valence-electron chi connectivity index (χ3n) is 3.47. The van der Waals surface area contributed by atoms with Gasteiger partial charge in [-0.05, 0) is 43.5 Å². The second kappa shape index (κ2) is 7.24. The van der Waals surface area contributed by atoms with Crippen LogP contribution in [0.2, 0.25) is 0 Å². The fraction of sp³-hybridized carbons (Fsp3) is 0.533. The Morgan fingerprint density at radius 3 is 3.05 bits per heavy atom. The molecule has 0 aliphatic carbocycles. The number of hydrogen-bond acceptors (Lipinski definition) is 2. The topological polar surface area (TPSA) is 41.1 Å². The van der Waals surface area contributed by atoms with Crippen LogP contribution in [0.5, 0.6) is 0 Å². The second-order valence-electron chi connectivity index (χ2n) is 5.08. The molecule has 2 rings (SSSR count). The zero-order chi connectivity index (χ0) is 13.5. The van der Waals surface area contributed by atoms with Crippen molar-refractivity contribution in [2.24, 2.45) is 0 Å². The van der Waals surface area contributed by atoms with E-state index in [0.29, 0.717) is 25.4 Å². The van der Waals surface area contributed by atoms with Gasteiger partial charge in [0.1, 0.15) is 5.82 Å². The van der Waals surface area contributed by atoms with Crippen LogP contribution in [0.15, 0.2) is 24.3 Å². The fourth-order valence-corrected chi connectivity index (χ4v) is 2.43. The highest BCUT2D eigenvalue weighted by molar-refractivity contribution is 5.76. The van der Waals surface area contributed by atoms with Crippen LogP contribution in [-0.2, 0) is 11.2 Å². The molecule has 1 fully saturated rings. The Hall–Kier alpha value is -1.42. The number of nitrogens with one attached hydrogen (secondary N) is 2. The van der Waals surface area contributed by atoms with Crippen LogP contribution in [0, 0.1) is 5.82 Å². The first-order valence-corrected chi connectivity index (χ1v) is 6.98. The highest BCUT2D eigenvalue weighted by Gasteiger charge is 2.15. The molecule has 3 nitrogen and oxygen atoms in total. The zero-order valence-electron chi connectivity index (χ0n) is 11.1. The molecule has 4 heteroatoms. The molecule has 1 aromatic carbocycles. The molecule has 1 heterocycles. The standard InChI is InChI=1S/C15H21FN2O/c16-13-5-3-4-12(10-13)7-9-18-15(19)11-14-6-1-2-8-17-14/h3-5,10,14,17H,1-2,6-9,11H2,(H,18,19). The smallest absolute Gasteiger partial charge is 0.221 e. The SMILES string of the molecule is O=C(CC1CCCCN1)NCCc1cccc(F)c1. The molecule has 19 heavy (non-hydrogen) atoms. The molecule has 0 aromatic heterocycles. The maximum atomic E-state index is 13.0. The van der Waals surface area contributed by atoms with Gasteiger partial charge >= 0.3 is 0 Å². The summed E-state index contributed by atoms with van der Waals surface area (Å²) in [5.41, 5.74) is 0.913. The quantitative estimate of drug-likeness (QED) is 0.854. The van der Waals surface area contributed by atoms with Gasteiger partial charge in [-0.25, -0.2) is 4.39 Å². The molecule has 1 amide bonds. The second-order valence-corrected chi connectivity index (χ2v) is 5.08. The third kappa shape index (κ3) is 4.99. The first kappa shape index (κ1) is 14.0. The lowest BCUT2D eigenvalue weighted by Crippen LogP contribution is -2.39. The van der Waals surface area contributed by atoms with Gasteiger partial charge in [-0.3, -0.25) is 4.79 Å². The molecular weight excluding hydrogens is 243 g/mol. The lowest BCUT2D eigenvalue weighted by atomic mass is 10.0. The van der Waals surface area contributed by atoms with Crippen molar-refractivity contribution in [3.05, 3.63) is 35.6 Å². The highest BCUT2D eigenvalue weighted by Crippen LogP contribution is 2.09. The molecule has 104 valence electrons. The van der Waals surface area contributed by atoms with Gasteiger partial charge in [-0.2, -0.15) is 0 Å². The van der Waals surface area contributed by atoms with Crippen LogP contribution >= 0.6 is 0 Å². The molecule has 0 radical (unpaired) electrons. The van der Waals surface area contributed by atoms with Gasteiger partial charge in [0.2, 0.25) is 5.91 Å². The average molecular weight is 264 g/mol. The van der Waals surface area contributed by atoms with Crippen LogP contribution in [0.3, 0.4) is 0 Å². The van der Waals surface area contributed by atoms with E-state index in [9.17, 15) is 9.18 Å². The van der Waals surface area contributed by atoms with E-state index in [1.165, 1.54) is 25.0 Å². The van der Waals surface area contributed by atoms with E-state index in [4.69, 9.17) is 0 Å². The summed E-state index contributed by atoms with van der Waals surface area (Å²) < 4.78 is 13.0. The van der Waals surface area contributed by atoms with Gasteiger partial charge in [0, 0.05) is 19.0 Å². The summed E-state index contributed by atoms with van der Waals surface area (Å²) in [6.45, 7) is 1.58. The van der Waals surface area contributed by atoms with Gasteiger partial charge in [0.25, 0.3) is 0 Å². The number of benzene rings is 1. The lowest BCUT2D eigenvalue weighted by molar-refractivity contribution is -0.121. The minimum absolute atomic E-state index is 0.0794. The predicted octanol–water partition coefficient (Wildman–Crippen LogP) is 2.02. The molecule has 0 bridgehead atoms. The van der Waals surface area contributed by atoms with E-state index < -0.39 is 0 Å². The minimum atomic E-state index is -0.227. The number of rotatable bonds is 5. The van der Waals surface area contributed by atoms with E-state index >= 15 is 0 Å². The Labute approximate surface area is 113 Å². The number of piperidine rings is 1. The molecule has 1 aliphatic heterocycles. The van der Waals surface area contributed by atoms with Crippen LogP contribution < -0.4 is 10.6 Å². The van der Waals surface area contributed by atoms with Crippen molar-refractivity contribution in [1.29, 1.82) is 0 Å². The summed E-state index contributed by atoms with van der Waals surface area (Å²) in [6, 6.07) is 6.82. The normalized spacial score (nSPS) is 19.1. The average Bonchev–Trinajstić information content (AvgIpc) is 2.40. The summed E-state index contributed by atoms with van der Waals surface area (Å²) in [5, 5.41) is 6.25. The van der Waals surface area contributed by atoms with Crippen molar-refractivity contribution in [2.75, 3.05) is 13.1 Å². The maximum absolute atomic E-state index is 13.0. The van der Waals surface area contributed by atoms with Crippen molar-refractivity contribution in [3.8, 4) is 0 Å². The monoisotopic (exact) mass is 264 g/mol. The summed E-state index contributed by atoms with van der Waals surface area (Å²) in [7, 11) is 0. The molecule has 1 atom stereocenters. The van der Waals surface area contributed by atoms with Crippen LogP contribution in [-0.4, -0.2) is 25.0 Å². The van der Waals surface area contributed by atoms with Crippen molar-refractivity contribution >= 4 is 5.91 Å². The van der Waals surface area contributed by atoms with E-state index in [0.717, 1.165) is 18.5 Å². The number of amides is 1. The third-order valence-corrected chi connectivity index (χ3v) is 3.47. The molecule has 1 saturated heterocycles. The molecule has 1 unspecified atom stereocenters. The molecular formula is C15H21FN2O. The molecule has 1 aromatic rings. The summed E-state index contributed by atoms with van der Waals surface area (Å²) in [5.74, 6) is -0.147. The van der Waals surface area contributed by atoms with Crippen molar-refractivity contribution in [1.82, 2.24) is 10.6 Å². The zero-order valence-corrected chi connectivity index (χ0v) is 11.1. The summed E-state index contributed by atoms with van der Waals surface area (Å²) >= 11 is 0. The van der Waals surface area contributed by atoms with E-state index in [1.54, 1.807) is 6.07 Å². The Kier molecular flexibility index (Phi) is 5.33. The van der Waals surface area contributed by atoms with Crippen LogP contribution in [0.4, 0.5) is 4.39 Å². The highest BCUT2D eigenvalue weighted by atomic mass is 19.1. The Balaban J connectivity index is 1.66. The van der Waals surface area contributed by atoms with E-state index in [-0.39, 0.29) is 11.7 Å². The number of hydrogen-bond donors (Lipinski definition) is 2. The van der Waals surface area contributed by atoms with Gasteiger partial charge in [-0.1, -0.05) is 18.6 Å². The number of halogens is 1. The largest absolute Gasteiger partial charge is 0.356 e. The van der Waals surface area contributed by atoms with Gasteiger partial charge in [0.15, 0.2) is 0 Å².